The van der Waals surface area contributed by atoms with E-state index in [9.17, 15) is 19.2 Å². The summed E-state index contributed by atoms with van der Waals surface area (Å²) in [6.07, 6.45) is 34.6. The van der Waals surface area contributed by atoms with Gasteiger partial charge in [0.2, 0.25) is 0 Å². The van der Waals surface area contributed by atoms with Crippen LogP contribution in [0.1, 0.15) is 207 Å². The SMILES string of the molecule is CCCCCCCCCCCCC/C(=C/C(=O)O)C(=O)O.CCCCCCCCCCCCC/C(=C/C(=O)O)C(=O)O.CCC[CH2][Sn][CH2]CCC. The van der Waals surface area contributed by atoms with Gasteiger partial charge in [-0.25, -0.2) is 19.2 Å². The molecule has 2 radical (unpaired) electrons. The molecule has 0 amide bonds. The van der Waals surface area contributed by atoms with Gasteiger partial charge in [-0.1, -0.05) is 142 Å². The third kappa shape index (κ3) is 48.2. The van der Waals surface area contributed by atoms with Crippen molar-refractivity contribution in [2.24, 2.45) is 0 Å². The Morgan fingerprint density at radius 3 is 0.824 bits per heavy atom. The van der Waals surface area contributed by atoms with Crippen LogP contribution in [0.4, 0.5) is 0 Å². The average molecular weight is 830 g/mol. The fourth-order valence-corrected chi connectivity index (χ4v) is 9.63. The van der Waals surface area contributed by atoms with E-state index in [-0.39, 0.29) is 32.3 Å². The quantitative estimate of drug-likeness (QED) is 0.0284. The number of hydrogen-bond acceptors (Lipinski definition) is 4. The average Bonchev–Trinajstić information content (AvgIpc) is 3.08. The first-order valence-electron chi connectivity index (χ1n) is 20.6. The first-order chi connectivity index (χ1) is 24.6. The molecule has 0 aliphatic rings. The van der Waals surface area contributed by atoms with E-state index in [1.807, 2.05) is 0 Å². The molecule has 0 fully saturated rings. The van der Waals surface area contributed by atoms with Gasteiger partial charge in [0.1, 0.15) is 0 Å². The first-order valence-corrected chi connectivity index (χ1v) is 24.6. The van der Waals surface area contributed by atoms with Crippen LogP contribution in [0.3, 0.4) is 0 Å². The first kappa shape index (κ1) is 53.5. The van der Waals surface area contributed by atoms with Crippen LogP contribution in [0.2, 0.25) is 8.87 Å². The zero-order valence-electron chi connectivity index (χ0n) is 33.3. The van der Waals surface area contributed by atoms with Crippen molar-refractivity contribution in [2.75, 3.05) is 0 Å². The van der Waals surface area contributed by atoms with Crippen molar-refractivity contribution in [3.8, 4) is 0 Å². The van der Waals surface area contributed by atoms with Gasteiger partial charge in [0.25, 0.3) is 0 Å². The Morgan fingerprint density at radius 1 is 0.373 bits per heavy atom. The summed E-state index contributed by atoms with van der Waals surface area (Å²) in [5.74, 6) is -4.61. The van der Waals surface area contributed by atoms with E-state index >= 15 is 0 Å². The van der Waals surface area contributed by atoms with E-state index in [0.29, 0.717) is 12.8 Å². The molecule has 0 bridgehead atoms. The van der Waals surface area contributed by atoms with Gasteiger partial charge in [0.05, 0.1) is 0 Å². The number of aliphatic carboxylic acids is 4. The molecule has 0 aromatic heterocycles. The topological polar surface area (TPSA) is 149 Å². The zero-order chi connectivity index (χ0) is 38.8. The number of hydrogen-bond donors (Lipinski definition) is 4. The number of carboxylic acid groups (broad SMARTS) is 4. The van der Waals surface area contributed by atoms with Crippen molar-refractivity contribution >= 4 is 45.0 Å². The number of carbonyl (C=O) groups is 4. The second-order valence-corrected chi connectivity index (χ2v) is 17.9. The van der Waals surface area contributed by atoms with Crippen LogP contribution in [0.5, 0.6) is 0 Å². The van der Waals surface area contributed by atoms with E-state index in [4.69, 9.17) is 20.4 Å². The van der Waals surface area contributed by atoms with Crippen LogP contribution in [0, 0.1) is 0 Å². The van der Waals surface area contributed by atoms with Crippen molar-refractivity contribution in [2.45, 2.75) is 216 Å². The van der Waals surface area contributed by atoms with Crippen LogP contribution in [0.15, 0.2) is 23.3 Å². The molecule has 0 spiro atoms. The molecule has 0 heterocycles. The molecule has 0 aromatic carbocycles. The predicted octanol–water partition coefficient (Wildman–Crippen LogP) is 12.7. The Bertz CT molecular complexity index is 814. The van der Waals surface area contributed by atoms with Gasteiger partial charge < -0.3 is 20.4 Å². The van der Waals surface area contributed by atoms with Crippen molar-refractivity contribution in [1.82, 2.24) is 0 Å². The van der Waals surface area contributed by atoms with Gasteiger partial charge in [-0.2, -0.15) is 0 Å². The summed E-state index contributed by atoms with van der Waals surface area (Å²) in [6.45, 7) is 9.03. The molecular formula is C42H78O8Sn. The number of carboxylic acids is 4. The Morgan fingerprint density at radius 2 is 0.608 bits per heavy atom. The fraction of sp³-hybridized carbons (Fsp3) is 0.810. The summed E-state index contributed by atoms with van der Waals surface area (Å²) < 4.78 is 3.25. The van der Waals surface area contributed by atoms with Gasteiger partial charge >= 0.3 is 93.4 Å². The summed E-state index contributed by atoms with van der Waals surface area (Å²) in [7, 11) is 0. The van der Waals surface area contributed by atoms with Gasteiger partial charge in [-0.3, -0.25) is 0 Å². The summed E-state index contributed by atoms with van der Waals surface area (Å²) in [6, 6.07) is 0. The van der Waals surface area contributed by atoms with Gasteiger partial charge in [-0.15, -0.1) is 0 Å². The Labute approximate surface area is 323 Å². The predicted molar refractivity (Wildman–Crippen MR) is 214 cm³/mol. The molecule has 51 heavy (non-hydrogen) atoms. The summed E-state index contributed by atoms with van der Waals surface area (Å²) in [5.41, 5.74) is -0.00292. The van der Waals surface area contributed by atoms with E-state index in [1.165, 1.54) is 128 Å². The molecular weight excluding hydrogens is 751 g/mol. The van der Waals surface area contributed by atoms with Crippen molar-refractivity contribution in [3.05, 3.63) is 23.3 Å². The monoisotopic (exact) mass is 830 g/mol. The van der Waals surface area contributed by atoms with Crippen molar-refractivity contribution in [1.29, 1.82) is 0 Å². The molecule has 0 aliphatic heterocycles. The van der Waals surface area contributed by atoms with E-state index in [2.05, 4.69) is 27.7 Å². The Balaban J connectivity index is -0.000000731. The molecule has 0 saturated heterocycles. The molecule has 0 aliphatic carbocycles. The summed E-state index contributed by atoms with van der Waals surface area (Å²) in [5, 5.41) is 34.8. The van der Waals surface area contributed by atoms with E-state index in [1.54, 1.807) is 8.87 Å². The molecule has 4 N–H and O–H groups in total. The second-order valence-electron chi connectivity index (χ2n) is 13.7. The van der Waals surface area contributed by atoms with E-state index < -0.39 is 23.9 Å². The number of rotatable bonds is 34. The van der Waals surface area contributed by atoms with E-state index in [0.717, 1.165) is 50.7 Å². The molecule has 0 aromatic rings. The third-order valence-corrected chi connectivity index (χ3v) is 12.7. The summed E-state index contributed by atoms with van der Waals surface area (Å²) >= 11 is 0.149. The maximum atomic E-state index is 10.8. The van der Waals surface area contributed by atoms with Crippen molar-refractivity contribution < 1.29 is 39.6 Å². The second kappa shape index (κ2) is 44.3. The Hall–Kier alpha value is -1.84. The van der Waals surface area contributed by atoms with Crippen LogP contribution in [-0.2, 0) is 19.2 Å². The van der Waals surface area contributed by atoms with Crippen LogP contribution in [0.25, 0.3) is 0 Å². The molecule has 298 valence electrons. The maximum absolute atomic E-state index is 10.8. The van der Waals surface area contributed by atoms with Crippen molar-refractivity contribution in [3.63, 3.8) is 0 Å². The normalized spacial score (nSPS) is 11.3. The molecule has 0 atom stereocenters. The molecule has 8 nitrogen and oxygen atoms in total. The minimum atomic E-state index is -1.18. The zero-order valence-corrected chi connectivity index (χ0v) is 36.1. The fourth-order valence-electron chi connectivity index (χ4n) is 5.47. The Kier molecular flexibility index (Phi) is 46.5. The van der Waals surface area contributed by atoms with Crippen LogP contribution >= 0.6 is 0 Å². The molecule has 0 unspecified atom stereocenters. The molecule has 0 saturated carbocycles. The van der Waals surface area contributed by atoms with Gasteiger partial charge in [0.15, 0.2) is 0 Å². The van der Waals surface area contributed by atoms with Gasteiger partial charge in [-0.05, 0) is 25.7 Å². The van der Waals surface area contributed by atoms with Gasteiger partial charge in [0, 0.05) is 23.3 Å². The molecule has 9 heteroatoms. The summed E-state index contributed by atoms with van der Waals surface area (Å²) in [4.78, 5) is 42.6. The van der Waals surface area contributed by atoms with Crippen LogP contribution in [-0.4, -0.2) is 65.4 Å². The number of unbranched alkanes of at least 4 members (excludes halogenated alkanes) is 22. The standard InChI is InChI=1S/2C17H30O4.2C4H9.Sn/c2*1-2-3-4-5-6-7-8-9-10-11-12-13-15(17(20)21)14-16(18)19;2*1-3-4-2;/h2*14H,2-13H2,1H3,(H,18,19)(H,20,21);2*1,3-4H2,2H3;/b2*15-14-;;;. The third-order valence-electron chi connectivity index (χ3n) is 8.66. The van der Waals surface area contributed by atoms with Crippen LogP contribution < -0.4 is 0 Å². The molecule has 0 rings (SSSR count). The minimum absolute atomic E-state index is 0.00146.